The molecule has 3 rings (SSSR count). The lowest BCUT2D eigenvalue weighted by molar-refractivity contribution is 0.528. The van der Waals surface area contributed by atoms with Crippen molar-refractivity contribution in [2.45, 2.75) is 112 Å². The topological polar surface area (TPSA) is 97.4 Å². The number of aliphatic imine (C=N–C) groups is 1. The monoisotopic (exact) mass is 658 g/mol. The van der Waals surface area contributed by atoms with Gasteiger partial charge >= 0.3 is 0 Å². The fraction of sp³-hybridized carbons (Fsp3) is 0.459. The molecule has 1 fully saturated rings. The first-order valence-electron chi connectivity index (χ1n) is 16.5. The van der Waals surface area contributed by atoms with Crippen molar-refractivity contribution in [1.29, 1.82) is 0 Å². The van der Waals surface area contributed by atoms with Crippen LogP contribution in [-0.4, -0.2) is 26.2 Å². The van der Waals surface area contributed by atoms with Crippen molar-refractivity contribution < 1.29 is 17.2 Å². The van der Waals surface area contributed by atoms with Crippen molar-refractivity contribution >= 4 is 28.0 Å². The zero-order valence-corrected chi connectivity index (χ0v) is 30.2. The Bertz CT molecular complexity index is 1460. The van der Waals surface area contributed by atoms with E-state index in [1.54, 1.807) is 19.2 Å². The van der Waals surface area contributed by atoms with Crippen LogP contribution >= 0.6 is 0 Å². The highest BCUT2D eigenvalue weighted by Gasteiger charge is 2.24. The Hall–Kier alpha value is -3.43. The van der Waals surface area contributed by atoms with Crippen LogP contribution in [0.25, 0.3) is 5.57 Å². The molecule has 6 nitrogen and oxygen atoms in total. The van der Waals surface area contributed by atoms with E-state index in [0.29, 0.717) is 17.3 Å². The Balaban J connectivity index is 0.00000318. The molecule has 0 radical (unpaired) electrons. The van der Waals surface area contributed by atoms with Gasteiger partial charge in [0.1, 0.15) is 16.5 Å². The SMILES string of the molecule is C=NC(=C/CC)/C(=C\C(=C/C)c1cnc(C)c(NS(=O)(=O)c2ccc(F)cc2F)c1)C(=C)C1CCCC(N)CC1.CC.CC.CC. The zero-order valence-electron chi connectivity index (χ0n) is 29.4. The summed E-state index contributed by atoms with van der Waals surface area (Å²) in [5.74, 6) is -1.79. The van der Waals surface area contributed by atoms with Crippen LogP contribution in [0.4, 0.5) is 14.5 Å². The molecule has 0 bridgehead atoms. The lowest BCUT2D eigenvalue weighted by atomic mass is 9.85. The van der Waals surface area contributed by atoms with Gasteiger partial charge in [0.05, 0.1) is 17.1 Å². The standard InChI is InChI=1S/C31H38F2N4O2S.3C2H6/c1-6-9-29(35-5)27(20(3)23-10-8-11-26(34)14-12-23)16-22(7-2)24-17-30(21(4)36-19-24)37-40(38,39)31-15-13-25(32)18-28(31)33;3*1-2/h7,9,13,15-19,23,26,37H,3,5-6,8,10-12,14,34H2,1-2,4H3;3*1-2H3/b22-7+,27-16-,29-9+;;;. The molecule has 0 spiro atoms. The highest BCUT2D eigenvalue weighted by Crippen LogP contribution is 2.36. The van der Waals surface area contributed by atoms with E-state index >= 15 is 0 Å². The normalized spacial score (nSPS) is 17.1. The maximum atomic E-state index is 14.3. The van der Waals surface area contributed by atoms with Crippen molar-refractivity contribution in [3.63, 3.8) is 0 Å². The third-order valence-electron chi connectivity index (χ3n) is 7.15. The van der Waals surface area contributed by atoms with Gasteiger partial charge in [0, 0.05) is 29.4 Å². The number of nitrogens with zero attached hydrogens (tertiary/aromatic N) is 2. The number of nitrogens with one attached hydrogen (secondary N) is 1. The summed E-state index contributed by atoms with van der Waals surface area (Å²) < 4.78 is 55.9. The lowest BCUT2D eigenvalue weighted by Crippen LogP contribution is -2.18. The van der Waals surface area contributed by atoms with Gasteiger partial charge in [0.2, 0.25) is 0 Å². The van der Waals surface area contributed by atoms with E-state index in [9.17, 15) is 17.2 Å². The van der Waals surface area contributed by atoms with Crippen LogP contribution < -0.4 is 10.5 Å². The molecule has 256 valence electrons. The van der Waals surface area contributed by atoms with Crippen molar-refractivity contribution in [2.24, 2.45) is 16.6 Å². The van der Waals surface area contributed by atoms with Crippen LogP contribution in [-0.2, 0) is 10.0 Å². The smallest absolute Gasteiger partial charge is 0.264 e. The molecular formula is C37H56F2N4O2S. The molecule has 3 N–H and O–H groups in total. The minimum Gasteiger partial charge on any atom is -0.328 e. The molecule has 46 heavy (non-hydrogen) atoms. The first-order valence-corrected chi connectivity index (χ1v) is 17.9. The lowest BCUT2D eigenvalue weighted by Gasteiger charge is -2.21. The van der Waals surface area contributed by atoms with Crippen LogP contribution in [0.5, 0.6) is 0 Å². The molecule has 1 heterocycles. The maximum Gasteiger partial charge on any atom is 0.264 e. The number of benzene rings is 1. The Kier molecular flexibility index (Phi) is 20.5. The second-order valence-electron chi connectivity index (χ2n) is 9.99. The van der Waals surface area contributed by atoms with Crippen molar-refractivity contribution in [1.82, 2.24) is 4.98 Å². The fourth-order valence-corrected chi connectivity index (χ4v) is 6.03. The third-order valence-corrected chi connectivity index (χ3v) is 8.55. The quantitative estimate of drug-likeness (QED) is 0.151. The van der Waals surface area contributed by atoms with Gasteiger partial charge in [0.15, 0.2) is 0 Å². The summed E-state index contributed by atoms with van der Waals surface area (Å²) in [6.07, 6.45) is 13.2. The zero-order chi connectivity index (χ0) is 35.4. The van der Waals surface area contributed by atoms with Gasteiger partial charge in [-0.15, -0.1) is 0 Å². The molecule has 0 aliphatic heterocycles. The van der Waals surface area contributed by atoms with Crippen LogP contribution in [0, 0.1) is 24.5 Å². The van der Waals surface area contributed by atoms with Crippen LogP contribution in [0.1, 0.15) is 105 Å². The van der Waals surface area contributed by atoms with Gasteiger partial charge in [-0.25, -0.2) is 17.2 Å². The summed E-state index contributed by atoms with van der Waals surface area (Å²) in [6.45, 7) is 25.8. The number of hydrogen-bond acceptors (Lipinski definition) is 5. The van der Waals surface area contributed by atoms with E-state index in [-0.39, 0.29) is 17.6 Å². The van der Waals surface area contributed by atoms with E-state index in [0.717, 1.165) is 73.1 Å². The minimum atomic E-state index is -4.34. The first-order chi connectivity index (χ1) is 22.0. The van der Waals surface area contributed by atoms with Crippen molar-refractivity contribution in [3.05, 3.63) is 95.0 Å². The van der Waals surface area contributed by atoms with Gasteiger partial charge in [-0.3, -0.25) is 14.7 Å². The molecule has 1 saturated carbocycles. The van der Waals surface area contributed by atoms with Crippen LogP contribution in [0.2, 0.25) is 0 Å². The fourth-order valence-electron chi connectivity index (χ4n) is 4.86. The van der Waals surface area contributed by atoms with Gasteiger partial charge in [0.25, 0.3) is 10.0 Å². The molecule has 2 aromatic rings. The second kappa shape index (κ2) is 22.2. The number of aryl methyl sites for hydroxylation is 1. The largest absolute Gasteiger partial charge is 0.328 e. The van der Waals surface area contributed by atoms with Crippen molar-refractivity contribution in [3.8, 4) is 0 Å². The molecule has 9 heteroatoms. The van der Waals surface area contributed by atoms with Crippen LogP contribution in [0.15, 0.2) is 82.0 Å². The highest BCUT2D eigenvalue weighted by molar-refractivity contribution is 7.92. The molecular weight excluding hydrogens is 602 g/mol. The molecule has 1 aliphatic carbocycles. The molecule has 1 aromatic carbocycles. The minimum absolute atomic E-state index is 0.179. The van der Waals surface area contributed by atoms with Crippen LogP contribution in [0.3, 0.4) is 0 Å². The Labute approximate surface area is 277 Å². The maximum absolute atomic E-state index is 14.3. The Morgan fingerprint density at radius 2 is 1.74 bits per heavy atom. The second-order valence-corrected chi connectivity index (χ2v) is 11.6. The molecule has 0 saturated heterocycles. The molecule has 1 aliphatic rings. The number of anilines is 1. The first kappa shape index (κ1) is 42.6. The molecule has 0 amide bonds. The summed E-state index contributed by atoms with van der Waals surface area (Å²) >= 11 is 0. The number of pyridine rings is 1. The molecule has 2 atom stereocenters. The summed E-state index contributed by atoms with van der Waals surface area (Å²) in [4.78, 5) is 8.04. The predicted octanol–water partition coefficient (Wildman–Crippen LogP) is 10.3. The Morgan fingerprint density at radius 3 is 2.30 bits per heavy atom. The number of allylic oxidation sites excluding steroid dienone is 5. The van der Waals surface area contributed by atoms with E-state index in [1.807, 2.05) is 73.6 Å². The molecule has 2 unspecified atom stereocenters. The number of hydrogen-bond donors (Lipinski definition) is 2. The average Bonchev–Trinajstić information content (AvgIpc) is 3.28. The van der Waals surface area contributed by atoms with Gasteiger partial charge in [-0.05, 0) is 94.0 Å². The summed E-state index contributed by atoms with van der Waals surface area (Å²) in [5.41, 5.74) is 10.8. The van der Waals surface area contributed by atoms with Gasteiger partial charge in [-0.1, -0.05) is 73.6 Å². The van der Waals surface area contributed by atoms with Gasteiger partial charge < -0.3 is 5.73 Å². The number of halogens is 2. The third kappa shape index (κ3) is 12.4. The van der Waals surface area contributed by atoms with Crippen molar-refractivity contribution in [2.75, 3.05) is 4.72 Å². The molecule has 1 aromatic heterocycles. The number of aromatic nitrogens is 1. The number of nitrogens with two attached hydrogens (primary N) is 1. The summed E-state index contributed by atoms with van der Waals surface area (Å²) in [7, 11) is -4.34. The number of sulfonamides is 1. The Morgan fingerprint density at radius 1 is 1.09 bits per heavy atom. The van der Waals surface area contributed by atoms with Gasteiger partial charge in [-0.2, -0.15) is 0 Å². The number of rotatable bonds is 10. The van der Waals surface area contributed by atoms with E-state index in [2.05, 4.69) is 28.0 Å². The van der Waals surface area contributed by atoms with E-state index < -0.39 is 26.6 Å². The summed E-state index contributed by atoms with van der Waals surface area (Å²) in [5, 5.41) is 0. The van der Waals surface area contributed by atoms with E-state index in [1.165, 1.54) is 0 Å². The average molecular weight is 659 g/mol. The highest BCUT2D eigenvalue weighted by atomic mass is 32.2. The summed E-state index contributed by atoms with van der Waals surface area (Å²) in [6, 6.07) is 4.16. The predicted molar refractivity (Wildman–Crippen MR) is 194 cm³/mol. The van der Waals surface area contributed by atoms with E-state index in [4.69, 9.17) is 5.73 Å².